The number of amides is 2. The van der Waals surface area contributed by atoms with Crippen molar-refractivity contribution >= 4 is 17.4 Å². The van der Waals surface area contributed by atoms with Crippen molar-refractivity contribution in [2.45, 2.75) is 32.4 Å². The zero-order valence-electron chi connectivity index (χ0n) is 12.7. The van der Waals surface area contributed by atoms with Gasteiger partial charge in [-0.1, -0.05) is 30.3 Å². The maximum Gasteiger partial charge on any atom is 0.315 e. The number of thiazole rings is 1. The highest BCUT2D eigenvalue weighted by molar-refractivity contribution is 7.10. The molecular formula is C16H21N3O2S. The van der Waals surface area contributed by atoms with Crippen molar-refractivity contribution < 1.29 is 9.90 Å². The quantitative estimate of drug-likeness (QED) is 0.766. The summed E-state index contributed by atoms with van der Waals surface area (Å²) in [5, 5.41) is 17.4. The van der Waals surface area contributed by atoms with E-state index in [2.05, 4.69) is 15.6 Å². The lowest BCUT2D eigenvalue weighted by atomic mass is 10.2. The lowest BCUT2D eigenvalue weighted by Gasteiger charge is -2.16. The van der Waals surface area contributed by atoms with Crippen LogP contribution in [0, 0.1) is 0 Å². The third kappa shape index (κ3) is 4.54. The van der Waals surface area contributed by atoms with Gasteiger partial charge >= 0.3 is 6.03 Å². The number of urea groups is 1. The lowest BCUT2D eigenvalue weighted by molar-refractivity contribution is 0.228. The summed E-state index contributed by atoms with van der Waals surface area (Å²) < 4.78 is 0. The van der Waals surface area contributed by atoms with Crippen molar-refractivity contribution in [1.82, 2.24) is 15.6 Å². The van der Waals surface area contributed by atoms with Crippen LogP contribution >= 0.6 is 11.3 Å². The molecule has 0 aliphatic rings. The van der Waals surface area contributed by atoms with E-state index in [-0.39, 0.29) is 24.7 Å². The van der Waals surface area contributed by atoms with E-state index < -0.39 is 0 Å². The molecule has 1 aromatic carbocycles. The molecule has 1 heterocycles. The first kappa shape index (κ1) is 16.5. The van der Waals surface area contributed by atoms with Crippen molar-refractivity contribution in [2.75, 3.05) is 6.61 Å². The van der Waals surface area contributed by atoms with E-state index in [0.29, 0.717) is 6.42 Å². The molecule has 22 heavy (non-hydrogen) atoms. The largest absolute Gasteiger partial charge is 0.396 e. The van der Waals surface area contributed by atoms with Crippen molar-refractivity contribution in [1.29, 1.82) is 0 Å². The molecule has 0 bridgehead atoms. The van der Waals surface area contributed by atoms with Crippen LogP contribution in [-0.4, -0.2) is 28.8 Å². The molecule has 118 valence electrons. The lowest BCUT2D eigenvalue weighted by Crippen LogP contribution is -2.42. The van der Waals surface area contributed by atoms with Crippen LogP contribution in [0.15, 0.2) is 35.7 Å². The number of nitrogens with zero attached hydrogens (tertiary/aromatic N) is 1. The van der Waals surface area contributed by atoms with Gasteiger partial charge in [0.15, 0.2) is 0 Å². The zero-order chi connectivity index (χ0) is 15.9. The fourth-order valence-electron chi connectivity index (χ4n) is 2.02. The number of rotatable bonds is 6. The van der Waals surface area contributed by atoms with Crippen LogP contribution in [0.2, 0.25) is 0 Å². The summed E-state index contributed by atoms with van der Waals surface area (Å²) in [5.74, 6) is 0. The second-order valence-corrected chi connectivity index (χ2v) is 6.08. The molecule has 0 aliphatic carbocycles. The molecular weight excluding hydrogens is 298 g/mol. The van der Waals surface area contributed by atoms with Crippen LogP contribution in [0.1, 0.15) is 31.3 Å². The zero-order valence-corrected chi connectivity index (χ0v) is 13.6. The molecule has 5 nitrogen and oxygen atoms in total. The number of hydrogen-bond acceptors (Lipinski definition) is 4. The smallest absolute Gasteiger partial charge is 0.315 e. The normalized spacial score (nSPS) is 13.4. The standard InChI is InChI=1S/C16H21N3O2S/c1-11(8-9-20)17-16(21)18-12(2)15-19-14(10-22-15)13-6-4-3-5-7-13/h3-7,10-12,20H,8-9H2,1-2H3,(H2,17,18,21)/t11-,12?/m1/s1. The van der Waals surface area contributed by atoms with E-state index in [1.807, 2.05) is 49.6 Å². The van der Waals surface area contributed by atoms with Crippen molar-refractivity contribution in [3.05, 3.63) is 40.7 Å². The fraction of sp³-hybridized carbons (Fsp3) is 0.375. The Morgan fingerprint density at radius 3 is 2.68 bits per heavy atom. The van der Waals surface area contributed by atoms with E-state index in [1.54, 1.807) is 0 Å². The SMILES string of the molecule is CC(NC(=O)N[C@H](C)CCO)c1nc(-c2ccccc2)cs1. The summed E-state index contributed by atoms with van der Waals surface area (Å²) in [6.45, 7) is 3.82. The van der Waals surface area contributed by atoms with Crippen LogP contribution in [0.5, 0.6) is 0 Å². The number of nitrogens with one attached hydrogen (secondary N) is 2. The Labute approximate surface area is 134 Å². The summed E-state index contributed by atoms with van der Waals surface area (Å²) in [5.41, 5.74) is 1.99. The maximum absolute atomic E-state index is 11.9. The first-order chi connectivity index (χ1) is 10.6. The van der Waals surface area contributed by atoms with Gasteiger partial charge in [0, 0.05) is 23.6 Å². The number of carbonyl (C=O) groups excluding carboxylic acids is 1. The molecule has 1 aromatic heterocycles. The molecule has 1 unspecified atom stereocenters. The molecule has 0 fully saturated rings. The van der Waals surface area contributed by atoms with Crippen LogP contribution in [-0.2, 0) is 0 Å². The summed E-state index contributed by atoms with van der Waals surface area (Å²) in [7, 11) is 0. The second kappa shape index (κ2) is 7.91. The molecule has 2 aromatic rings. The van der Waals surface area contributed by atoms with Gasteiger partial charge in [-0.3, -0.25) is 0 Å². The predicted octanol–water partition coefficient (Wildman–Crippen LogP) is 2.94. The third-order valence-corrected chi connectivity index (χ3v) is 4.28. The first-order valence-electron chi connectivity index (χ1n) is 7.29. The molecule has 3 N–H and O–H groups in total. The summed E-state index contributed by atoms with van der Waals surface area (Å²) >= 11 is 1.53. The summed E-state index contributed by atoms with van der Waals surface area (Å²) in [6.07, 6.45) is 0.539. The average Bonchev–Trinajstić information content (AvgIpc) is 2.98. The molecule has 0 radical (unpaired) electrons. The number of aliphatic hydroxyl groups excluding tert-OH is 1. The van der Waals surface area contributed by atoms with Crippen LogP contribution < -0.4 is 10.6 Å². The Morgan fingerprint density at radius 2 is 2.00 bits per heavy atom. The number of carbonyl (C=O) groups is 1. The summed E-state index contributed by atoms with van der Waals surface area (Å²) in [6, 6.07) is 9.49. The predicted molar refractivity (Wildman–Crippen MR) is 88.8 cm³/mol. The Hall–Kier alpha value is -1.92. The van der Waals surface area contributed by atoms with Crippen molar-refractivity contribution in [3.63, 3.8) is 0 Å². The minimum atomic E-state index is -0.245. The van der Waals surface area contributed by atoms with Crippen LogP contribution in [0.25, 0.3) is 11.3 Å². The van der Waals surface area contributed by atoms with E-state index in [0.717, 1.165) is 16.3 Å². The number of aromatic nitrogens is 1. The van der Waals surface area contributed by atoms with Crippen molar-refractivity contribution in [3.8, 4) is 11.3 Å². The van der Waals surface area contributed by atoms with Gasteiger partial charge < -0.3 is 15.7 Å². The molecule has 2 amide bonds. The Balaban J connectivity index is 1.94. The van der Waals surface area contributed by atoms with Gasteiger partial charge in [0.1, 0.15) is 5.01 Å². The van der Waals surface area contributed by atoms with Crippen molar-refractivity contribution in [2.24, 2.45) is 0 Å². The summed E-state index contributed by atoms with van der Waals surface area (Å²) in [4.78, 5) is 16.4. The van der Waals surface area contributed by atoms with Gasteiger partial charge in [0.05, 0.1) is 11.7 Å². The highest BCUT2D eigenvalue weighted by Gasteiger charge is 2.15. The minimum Gasteiger partial charge on any atom is -0.396 e. The van der Waals surface area contributed by atoms with Gasteiger partial charge in [0.2, 0.25) is 0 Å². The minimum absolute atomic E-state index is 0.0594. The van der Waals surface area contributed by atoms with Gasteiger partial charge in [-0.05, 0) is 20.3 Å². The highest BCUT2D eigenvalue weighted by atomic mass is 32.1. The maximum atomic E-state index is 11.9. The van der Waals surface area contributed by atoms with Crippen LogP contribution in [0.4, 0.5) is 4.79 Å². The average molecular weight is 319 g/mol. The molecule has 6 heteroatoms. The first-order valence-corrected chi connectivity index (χ1v) is 8.17. The number of benzene rings is 1. The molecule has 0 spiro atoms. The molecule has 0 saturated heterocycles. The molecule has 2 atom stereocenters. The van der Waals surface area contributed by atoms with E-state index in [9.17, 15) is 4.79 Å². The third-order valence-electron chi connectivity index (χ3n) is 3.25. The van der Waals surface area contributed by atoms with Gasteiger partial charge in [0.25, 0.3) is 0 Å². The highest BCUT2D eigenvalue weighted by Crippen LogP contribution is 2.25. The molecule has 0 saturated carbocycles. The number of hydrogen-bond donors (Lipinski definition) is 3. The van der Waals surface area contributed by atoms with Crippen LogP contribution in [0.3, 0.4) is 0 Å². The van der Waals surface area contributed by atoms with E-state index in [4.69, 9.17) is 5.11 Å². The van der Waals surface area contributed by atoms with E-state index in [1.165, 1.54) is 11.3 Å². The molecule has 0 aliphatic heterocycles. The van der Waals surface area contributed by atoms with Gasteiger partial charge in [-0.2, -0.15) is 0 Å². The monoisotopic (exact) mass is 319 g/mol. The second-order valence-electron chi connectivity index (χ2n) is 5.19. The van der Waals surface area contributed by atoms with Gasteiger partial charge in [-0.15, -0.1) is 11.3 Å². The molecule has 2 rings (SSSR count). The Morgan fingerprint density at radius 1 is 1.27 bits per heavy atom. The van der Waals surface area contributed by atoms with E-state index >= 15 is 0 Å². The topological polar surface area (TPSA) is 74.2 Å². The fourth-order valence-corrected chi connectivity index (χ4v) is 2.85. The Bertz CT molecular complexity index is 600. The number of aliphatic hydroxyl groups is 1. The van der Waals surface area contributed by atoms with Gasteiger partial charge in [-0.25, -0.2) is 9.78 Å². The Kier molecular flexibility index (Phi) is 5.91.